The molecule has 0 bridgehead atoms. The number of amides is 1. The lowest BCUT2D eigenvalue weighted by molar-refractivity contribution is 0.102. The molecule has 31 heavy (non-hydrogen) atoms. The smallest absolute Gasteiger partial charge is 0.276 e. The fraction of sp³-hybridized carbons (Fsp3) is 0.160. The standard InChI is InChI=1S/C25H23N3O3/c1-3-28-25(30)20-12-8-7-11-19(20)23(27-28)24(29)26-21-14-13-17(2)15-22(21)31-16-18-9-5-4-6-10-18/h4-15H,3,16H2,1-2H3,(H,26,29). The van der Waals surface area contributed by atoms with Crippen LogP contribution in [0.1, 0.15) is 28.5 Å². The van der Waals surface area contributed by atoms with Crippen LogP contribution in [-0.4, -0.2) is 15.7 Å². The second-order valence-corrected chi connectivity index (χ2v) is 7.24. The van der Waals surface area contributed by atoms with E-state index in [4.69, 9.17) is 4.74 Å². The van der Waals surface area contributed by atoms with E-state index < -0.39 is 5.91 Å². The molecule has 6 nitrogen and oxygen atoms in total. The Kier molecular flexibility index (Phi) is 5.80. The van der Waals surface area contributed by atoms with E-state index in [2.05, 4.69) is 10.4 Å². The van der Waals surface area contributed by atoms with Crippen LogP contribution in [0.3, 0.4) is 0 Å². The van der Waals surface area contributed by atoms with Gasteiger partial charge in [-0.2, -0.15) is 5.10 Å². The van der Waals surface area contributed by atoms with Crippen molar-refractivity contribution in [2.75, 3.05) is 5.32 Å². The summed E-state index contributed by atoms with van der Waals surface area (Å²) in [4.78, 5) is 25.7. The molecule has 1 N–H and O–H groups in total. The lowest BCUT2D eigenvalue weighted by atomic mass is 10.1. The van der Waals surface area contributed by atoms with Crippen LogP contribution in [0.4, 0.5) is 5.69 Å². The highest BCUT2D eigenvalue weighted by molar-refractivity contribution is 6.11. The Morgan fingerprint density at radius 1 is 1.00 bits per heavy atom. The molecule has 3 aromatic carbocycles. The van der Waals surface area contributed by atoms with Gasteiger partial charge in [0.2, 0.25) is 0 Å². The number of aromatic nitrogens is 2. The second-order valence-electron chi connectivity index (χ2n) is 7.24. The number of carbonyl (C=O) groups is 1. The Morgan fingerprint density at radius 2 is 1.71 bits per heavy atom. The predicted molar refractivity (Wildman–Crippen MR) is 122 cm³/mol. The van der Waals surface area contributed by atoms with E-state index in [0.717, 1.165) is 11.1 Å². The van der Waals surface area contributed by atoms with Gasteiger partial charge in [-0.15, -0.1) is 0 Å². The maximum Gasteiger partial charge on any atom is 0.276 e. The summed E-state index contributed by atoms with van der Waals surface area (Å²) in [6.07, 6.45) is 0. The Balaban J connectivity index is 1.66. The van der Waals surface area contributed by atoms with Crippen molar-refractivity contribution in [1.82, 2.24) is 9.78 Å². The Labute approximate surface area is 180 Å². The van der Waals surface area contributed by atoms with Gasteiger partial charge < -0.3 is 10.1 Å². The summed E-state index contributed by atoms with van der Waals surface area (Å²) in [7, 11) is 0. The first-order chi connectivity index (χ1) is 15.1. The van der Waals surface area contributed by atoms with Crippen LogP contribution in [0, 0.1) is 6.92 Å². The molecule has 1 amide bonds. The summed E-state index contributed by atoms with van der Waals surface area (Å²) in [5, 5.41) is 8.21. The van der Waals surface area contributed by atoms with Crippen LogP contribution in [0.2, 0.25) is 0 Å². The summed E-state index contributed by atoms with van der Waals surface area (Å²) < 4.78 is 7.31. The molecule has 1 heterocycles. The summed E-state index contributed by atoms with van der Waals surface area (Å²) >= 11 is 0. The van der Waals surface area contributed by atoms with Gasteiger partial charge in [0.1, 0.15) is 12.4 Å². The van der Waals surface area contributed by atoms with Crippen LogP contribution in [-0.2, 0) is 13.2 Å². The van der Waals surface area contributed by atoms with E-state index >= 15 is 0 Å². The normalized spacial score (nSPS) is 10.8. The van der Waals surface area contributed by atoms with E-state index in [1.54, 1.807) is 24.3 Å². The van der Waals surface area contributed by atoms with Crippen molar-refractivity contribution < 1.29 is 9.53 Å². The zero-order valence-electron chi connectivity index (χ0n) is 17.5. The maximum absolute atomic E-state index is 13.2. The van der Waals surface area contributed by atoms with E-state index in [1.165, 1.54) is 4.68 Å². The van der Waals surface area contributed by atoms with Crippen molar-refractivity contribution in [1.29, 1.82) is 0 Å². The van der Waals surface area contributed by atoms with Gasteiger partial charge in [0.25, 0.3) is 11.5 Å². The fourth-order valence-corrected chi connectivity index (χ4v) is 3.39. The highest BCUT2D eigenvalue weighted by Gasteiger charge is 2.18. The van der Waals surface area contributed by atoms with Gasteiger partial charge in [-0.25, -0.2) is 4.68 Å². The first-order valence-electron chi connectivity index (χ1n) is 10.2. The molecular weight excluding hydrogens is 390 g/mol. The molecule has 0 fully saturated rings. The molecule has 0 aliphatic heterocycles. The number of anilines is 1. The molecule has 4 aromatic rings. The van der Waals surface area contributed by atoms with E-state index in [-0.39, 0.29) is 11.3 Å². The van der Waals surface area contributed by atoms with Crippen molar-refractivity contribution >= 4 is 22.4 Å². The quantitative estimate of drug-likeness (QED) is 0.503. The third-order valence-electron chi connectivity index (χ3n) is 5.00. The predicted octanol–water partition coefficient (Wildman–Crippen LogP) is 4.56. The number of fused-ring (bicyclic) bond motifs is 1. The number of ether oxygens (including phenoxy) is 1. The minimum atomic E-state index is -0.396. The second kappa shape index (κ2) is 8.83. The van der Waals surface area contributed by atoms with Gasteiger partial charge in [0.05, 0.1) is 11.1 Å². The number of aryl methyl sites for hydroxylation is 2. The van der Waals surface area contributed by atoms with Crippen LogP contribution in [0.15, 0.2) is 77.6 Å². The number of hydrogen-bond acceptors (Lipinski definition) is 4. The number of hydrogen-bond donors (Lipinski definition) is 1. The monoisotopic (exact) mass is 413 g/mol. The molecule has 6 heteroatoms. The third kappa shape index (κ3) is 4.33. The topological polar surface area (TPSA) is 73.2 Å². The highest BCUT2D eigenvalue weighted by Crippen LogP contribution is 2.27. The van der Waals surface area contributed by atoms with E-state index in [1.807, 2.05) is 62.4 Å². The molecule has 4 rings (SSSR count). The average Bonchev–Trinajstić information content (AvgIpc) is 2.80. The minimum Gasteiger partial charge on any atom is -0.487 e. The Morgan fingerprint density at radius 3 is 2.45 bits per heavy atom. The molecule has 0 aliphatic rings. The van der Waals surface area contributed by atoms with Gasteiger partial charge in [0.15, 0.2) is 5.69 Å². The van der Waals surface area contributed by atoms with Gasteiger partial charge in [-0.05, 0) is 43.2 Å². The van der Waals surface area contributed by atoms with Crippen LogP contribution in [0.25, 0.3) is 10.8 Å². The molecule has 0 aliphatic carbocycles. The highest BCUT2D eigenvalue weighted by atomic mass is 16.5. The van der Waals surface area contributed by atoms with Crippen molar-refractivity contribution in [2.45, 2.75) is 27.0 Å². The molecular formula is C25H23N3O3. The number of rotatable bonds is 6. The summed E-state index contributed by atoms with van der Waals surface area (Å²) in [6, 6.07) is 22.5. The number of nitrogens with one attached hydrogen (secondary N) is 1. The fourth-order valence-electron chi connectivity index (χ4n) is 3.39. The van der Waals surface area contributed by atoms with E-state index in [0.29, 0.717) is 35.4 Å². The molecule has 0 unspecified atom stereocenters. The van der Waals surface area contributed by atoms with Crippen molar-refractivity contribution in [3.63, 3.8) is 0 Å². The molecule has 0 radical (unpaired) electrons. The summed E-state index contributed by atoms with van der Waals surface area (Å²) in [5.74, 6) is 0.178. The van der Waals surface area contributed by atoms with Crippen LogP contribution >= 0.6 is 0 Å². The Bertz CT molecular complexity index is 1300. The molecule has 156 valence electrons. The van der Waals surface area contributed by atoms with Crippen molar-refractivity contribution in [3.8, 4) is 5.75 Å². The molecule has 0 saturated heterocycles. The molecule has 1 aromatic heterocycles. The summed E-state index contributed by atoms with van der Waals surface area (Å²) in [6.45, 7) is 4.54. The van der Waals surface area contributed by atoms with Crippen LogP contribution in [0.5, 0.6) is 5.75 Å². The lowest BCUT2D eigenvalue weighted by Crippen LogP contribution is -2.27. The van der Waals surface area contributed by atoms with Gasteiger partial charge in [0, 0.05) is 11.9 Å². The van der Waals surface area contributed by atoms with E-state index in [9.17, 15) is 9.59 Å². The maximum atomic E-state index is 13.2. The first-order valence-corrected chi connectivity index (χ1v) is 10.2. The zero-order chi connectivity index (χ0) is 21.8. The molecule has 0 spiro atoms. The Hall–Kier alpha value is -3.93. The average molecular weight is 413 g/mol. The lowest BCUT2D eigenvalue weighted by Gasteiger charge is -2.14. The van der Waals surface area contributed by atoms with Crippen LogP contribution < -0.4 is 15.6 Å². The first kappa shape index (κ1) is 20.3. The van der Waals surface area contributed by atoms with Gasteiger partial charge >= 0.3 is 0 Å². The number of carbonyl (C=O) groups excluding carboxylic acids is 1. The van der Waals surface area contributed by atoms with Crippen molar-refractivity contribution in [3.05, 3.63) is 100.0 Å². The molecule has 0 atom stereocenters. The van der Waals surface area contributed by atoms with Crippen molar-refractivity contribution in [2.24, 2.45) is 0 Å². The SMILES string of the molecule is CCn1nc(C(=O)Nc2ccc(C)cc2OCc2ccccc2)c2ccccc2c1=O. The third-order valence-corrected chi connectivity index (χ3v) is 5.00. The number of benzene rings is 3. The van der Waals surface area contributed by atoms with Gasteiger partial charge in [-0.1, -0.05) is 54.6 Å². The molecule has 0 saturated carbocycles. The summed E-state index contributed by atoms with van der Waals surface area (Å²) in [5.41, 5.74) is 2.59. The van der Waals surface area contributed by atoms with Gasteiger partial charge in [-0.3, -0.25) is 9.59 Å². The number of nitrogens with zero attached hydrogens (tertiary/aromatic N) is 2. The minimum absolute atomic E-state index is 0.201. The zero-order valence-corrected chi connectivity index (χ0v) is 17.5. The largest absolute Gasteiger partial charge is 0.487 e.